The van der Waals surface area contributed by atoms with Gasteiger partial charge in [0.2, 0.25) is 0 Å². The third-order valence-corrected chi connectivity index (χ3v) is 4.45. The van der Waals surface area contributed by atoms with Crippen LogP contribution in [0.25, 0.3) is 10.6 Å². The maximum Gasteiger partial charge on any atom is 0.407 e. The van der Waals surface area contributed by atoms with Gasteiger partial charge in [-0.2, -0.15) is 0 Å². The van der Waals surface area contributed by atoms with Crippen molar-refractivity contribution in [3.8, 4) is 10.6 Å². The fourth-order valence-corrected chi connectivity index (χ4v) is 2.99. The molecule has 0 saturated carbocycles. The molecule has 0 aliphatic heterocycles. The van der Waals surface area contributed by atoms with Crippen LogP contribution in [0.4, 0.5) is 4.79 Å². The lowest BCUT2D eigenvalue weighted by molar-refractivity contribution is -0.140. The van der Waals surface area contributed by atoms with Gasteiger partial charge in [-0.3, -0.25) is 4.79 Å². The van der Waals surface area contributed by atoms with E-state index in [1.54, 1.807) is 32.9 Å². The SMILES string of the molecule is CC(C)(C)OC(=O)NCc1ccc(-c2nc(C(=O)NC(CO)C(=O)O)cs2)cc1. The number of aliphatic hydroxyl groups is 1. The molecule has 0 aliphatic carbocycles. The van der Waals surface area contributed by atoms with Crippen molar-refractivity contribution in [1.82, 2.24) is 15.6 Å². The Morgan fingerprint density at radius 1 is 1.21 bits per heavy atom. The smallest absolute Gasteiger partial charge is 0.407 e. The van der Waals surface area contributed by atoms with Gasteiger partial charge in [0, 0.05) is 17.5 Å². The molecule has 4 N–H and O–H groups in total. The summed E-state index contributed by atoms with van der Waals surface area (Å²) in [6, 6.07) is 5.87. The molecule has 29 heavy (non-hydrogen) atoms. The average molecular weight is 421 g/mol. The number of aromatic nitrogens is 1. The maximum absolute atomic E-state index is 12.1. The van der Waals surface area contributed by atoms with Crippen LogP contribution in [0.1, 0.15) is 36.8 Å². The minimum absolute atomic E-state index is 0.0698. The normalized spacial score (nSPS) is 12.1. The Kier molecular flexibility index (Phi) is 7.29. The molecule has 0 bridgehead atoms. The number of carbonyl (C=O) groups is 3. The Bertz CT molecular complexity index is 873. The van der Waals surface area contributed by atoms with Crippen LogP contribution in [0.3, 0.4) is 0 Å². The summed E-state index contributed by atoms with van der Waals surface area (Å²) < 4.78 is 5.18. The van der Waals surface area contributed by atoms with Gasteiger partial charge in [-0.05, 0) is 26.3 Å². The molecule has 156 valence electrons. The minimum atomic E-state index is -1.38. The lowest BCUT2D eigenvalue weighted by Gasteiger charge is -2.19. The molecule has 1 aromatic heterocycles. The second-order valence-corrected chi connectivity index (χ2v) is 8.00. The number of carboxylic acids is 1. The van der Waals surface area contributed by atoms with Gasteiger partial charge in [-0.25, -0.2) is 14.6 Å². The Morgan fingerprint density at radius 2 is 1.86 bits per heavy atom. The van der Waals surface area contributed by atoms with Crippen molar-refractivity contribution in [2.24, 2.45) is 0 Å². The predicted octanol–water partition coefficient (Wildman–Crippen LogP) is 2.01. The van der Waals surface area contributed by atoms with Crippen LogP contribution in [0.2, 0.25) is 0 Å². The fourth-order valence-electron chi connectivity index (χ4n) is 2.18. The summed E-state index contributed by atoms with van der Waals surface area (Å²) in [5.74, 6) is -2.00. The van der Waals surface area contributed by atoms with E-state index in [0.29, 0.717) is 11.6 Å². The topological polar surface area (TPSA) is 138 Å². The molecule has 0 radical (unpaired) electrons. The monoisotopic (exact) mass is 421 g/mol. The highest BCUT2D eigenvalue weighted by Gasteiger charge is 2.21. The summed E-state index contributed by atoms with van der Waals surface area (Å²) in [5.41, 5.74) is 1.14. The first kappa shape index (κ1) is 22.3. The number of rotatable bonds is 7. The standard InChI is InChI=1S/C19H23N3O6S/c1-19(2,3)28-18(27)20-8-11-4-6-12(7-5-11)16-22-14(10-29-16)15(24)21-13(9-23)17(25)26/h4-7,10,13,23H,8-9H2,1-3H3,(H,20,27)(H,21,24)(H,25,26). The van der Waals surface area contributed by atoms with Gasteiger partial charge < -0.3 is 25.6 Å². The molecule has 1 atom stereocenters. The number of nitrogens with one attached hydrogen (secondary N) is 2. The quantitative estimate of drug-likeness (QED) is 0.536. The predicted molar refractivity (Wildman–Crippen MR) is 107 cm³/mol. The highest BCUT2D eigenvalue weighted by atomic mass is 32.1. The van der Waals surface area contributed by atoms with Gasteiger partial charge >= 0.3 is 12.1 Å². The number of aliphatic carboxylic acids is 1. The molecule has 0 fully saturated rings. The van der Waals surface area contributed by atoms with E-state index in [0.717, 1.165) is 11.1 Å². The molecule has 1 aromatic carbocycles. The van der Waals surface area contributed by atoms with E-state index in [4.69, 9.17) is 14.9 Å². The first-order chi connectivity index (χ1) is 13.6. The van der Waals surface area contributed by atoms with E-state index in [9.17, 15) is 14.4 Å². The van der Waals surface area contributed by atoms with Gasteiger partial charge in [-0.1, -0.05) is 24.3 Å². The van der Waals surface area contributed by atoms with Crippen molar-refractivity contribution in [2.75, 3.05) is 6.61 Å². The Morgan fingerprint density at radius 3 is 2.41 bits per heavy atom. The number of amides is 2. The van der Waals surface area contributed by atoms with Gasteiger partial charge in [0.15, 0.2) is 6.04 Å². The second-order valence-electron chi connectivity index (χ2n) is 7.14. The van der Waals surface area contributed by atoms with Crippen LogP contribution in [-0.2, 0) is 16.1 Å². The van der Waals surface area contributed by atoms with E-state index < -0.39 is 36.2 Å². The van der Waals surface area contributed by atoms with Crippen molar-refractivity contribution < 1.29 is 29.3 Å². The lowest BCUT2D eigenvalue weighted by atomic mass is 10.1. The van der Waals surface area contributed by atoms with Gasteiger partial charge in [0.05, 0.1) is 6.61 Å². The van der Waals surface area contributed by atoms with Crippen LogP contribution in [0.15, 0.2) is 29.6 Å². The van der Waals surface area contributed by atoms with Gasteiger partial charge in [-0.15, -0.1) is 11.3 Å². The summed E-state index contributed by atoms with van der Waals surface area (Å²) in [6.07, 6.45) is -0.500. The molecule has 2 aromatic rings. The third kappa shape index (κ3) is 6.84. The highest BCUT2D eigenvalue weighted by Crippen LogP contribution is 2.24. The molecule has 10 heteroatoms. The number of benzene rings is 1. The summed E-state index contributed by atoms with van der Waals surface area (Å²) in [7, 11) is 0. The van der Waals surface area contributed by atoms with Gasteiger partial charge in [0.1, 0.15) is 16.3 Å². The van der Waals surface area contributed by atoms with Gasteiger partial charge in [0.25, 0.3) is 5.91 Å². The second kappa shape index (κ2) is 9.48. The van der Waals surface area contributed by atoms with E-state index in [1.165, 1.54) is 16.7 Å². The Labute approximate surface area is 171 Å². The molecule has 9 nitrogen and oxygen atoms in total. The number of hydrogen-bond donors (Lipinski definition) is 4. The fraction of sp³-hybridized carbons (Fsp3) is 0.368. The molecule has 0 spiro atoms. The van der Waals surface area contributed by atoms with Crippen molar-refractivity contribution in [3.63, 3.8) is 0 Å². The van der Waals surface area contributed by atoms with E-state index in [-0.39, 0.29) is 5.69 Å². The number of thiazole rings is 1. The molecular formula is C19H23N3O6S. The van der Waals surface area contributed by atoms with E-state index in [2.05, 4.69) is 15.6 Å². The van der Waals surface area contributed by atoms with Crippen LogP contribution < -0.4 is 10.6 Å². The van der Waals surface area contributed by atoms with E-state index in [1.807, 2.05) is 12.1 Å². The first-order valence-corrected chi connectivity index (χ1v) is 9.63. The Hall–Kier alpha value is -2.98. The van der Waals surface area contributed by atoms with Crippen LogP contribution >= 0.6 is 11.3 Å². The van der Waals surface area contributed by atoms with Crippen molar-refractivity contribution in [3.05, 3.63) is 40.9 Å². The van der Waals surface area contributed by atoms with Crippen molar-refractivity contribution in [1.29, 1.82) is 0 Å². The summed E-state index contributed by atoms with van der Waals surface area (Å²) in [6.45, 7) is 4.95. The lowest BCUT2D eigenvalue weighted by Crippen LogP contribution is -2.43. The molecule has 2 amide bonds. The summed E-state index contributed by atoms with van der Waals surface area (Å²) in [4.78, 5) is 38.9. The molecule has 2 rings (SSSR count). The minimum Gasteiger partial charge on any atom is -0.480 e. The summed E-state index contributed by atoms with van der Waals surface area (Å²) in [5, 5.41) is 24.8. The molecule has 1 heterocycles. The number of nitrogens with zero attached hydrogens (tertiary/aromatic N) is 1. The number of alkyl carbamates (subject to hydrolysis) is 1. The maximum atomic E-state index is 12.1. The number of hydrogen-bond acceptors (Lipinski definition) is 7. The zero-order valence-electron chi connectivity index (χ0n) is 16.3. The first-order valence-electron chi connectivity index (χ1n) is 8.75. The van der Waals surface area contributed by atoms with E-state index >= 15 is 0 Å². The molecule has 0 saturated heterocycles. The van der Waals surface area contributed by atoms with Crippen molar-refractivity contribution in [2.45, 2.75) is 39.0 Å². The van der Waals surface area contributed by atoms with Crippen LogP contribution in [-0.4, -0.2) is 51.4 Å². The average Bonchev–Trinajstić information content (AvgIpc) is 3.13. The van der Waals surface area contributed by atoms with Crippen LogP contribution in [0.5, 0.6) is 0 Å². The zero-order chi connectivity index (χ0) is 21.6. The largest absolute Gasteiger partial charge is 0.480 e. The number of ether oxygens (including phenoxy) is 1. The number of carboxylic acid groups (broad SMARTS) is 1. The Balaban J connectivity index is 1.98. The number of carbonyl (C=O) groups excluding carboxylic acids is 2. The third-order valence-electron chi connectivity index (χ3n) is 3.56. The summed E-state index contributed by atoms with van der Waals surface area (Å²) >= 11 is 1.23. The zero-order valence-corrected chi connectivity index (χ0v) is 17.1. The highest BCUT2D eigenvalue weighted by molar-refractivity contribution is 7.13. The molecular weight excluding hydrogens is 398 g/mol. The van der Waals surface area contributed by atoms with Crippen molar-refractivity contribution >= 4 is 29.3 Å². The molecule has 0 aliphatic rings. The van der Waals surface area contributed by atoms with Crippen LogP contribution in [0, 0.1) is 0 Å². The molecule has 1 unspecified atom stereocenters. The number of aliphatic hydroxyl groups excluding tert-OH is 1.